The SMILES string of the molecule is COc1ccc(CCCc2nc3cc(COc4ccc(CN5CCN(C(=O)CCn6ccnc6)CC5=O)cc4)ccc3[nH]2)cc1. The molecule has 1 fully saturated rings. The summed E-state index contributed by atoms with van der Waals surface area (Å²) in [6.45, 7) is 2.69. The van der Waals surface area contributed by atoms with E-state index in [2.05, 4.69) is 40.3 Å². The lowest BCUT2D eigenvalue weighted by Crippen LogP contribution is -2.51. The molecule has 0 aliphatic carbocycles. The van der Waals surface area contributed by atoms with Gasteiger partial charge in [-0.05, 0) is 65.9 Å². The van der Waals surface area contributed by atoms with E-state index >= 15 is 0 Å². The first-order valence-electron chi connectivity index (χ1n) is 15.4. The molecule has 3 aromatic carbocycles. The van der Waals surface area contributed by atoms with Gasteiger partial charge < -0.3 is 28.8 Å². The third-order valence-corrected chi connectivity index (χ3v) is 8.15. The van der Waals surface area contributed by atoms with E-state index in [0.717, 1.165) is 58.7 Å². The quantitative estimate of drug-likeness (QED) is 0.207. The number of piperazine rings is 1. The maximum absolute atomic E-state index is 12.8. The Hall–Kier alpha value is -5.12. The number of imidazole rings is 2. The van der Waals surface area contributed by atoms with Crippen LogP contribution in [0, 0.1) is 0 Å². The first-order valence-corrected chi connectivity index (χ1v) is 15.4. The molecule has 0 spiro atoms. The number of aromatic amines is 1. The second-order valence-electron chi connectivity index (χ2n) is 11.4. The number of carbonyl (C=O) groups excluding carboxylic acids is 2. The van der Waals surface area contributed by atoms with E-state index in [1.807, 2.05) is 52.1 Å². The third kappa shape index (κ3) is 7.89. The summed E-state index contributed by atoms with van der Waals surface area (Å²) in [6.07, 6.45) is 8.44. The Balaban J connectivity index is 0.943. The highest BCUT2D eigenvalue weighted by Crippen LogP contribution is 2.20. The summed E-state index contributed by atoms with van der Waals surface area (Å²) in [5.74, 6) is 2.58. The van der Waals surface area contributed by atoms with Crippen molar-refractivity contribution in [3.8, 4) is 11.5 Å². The molecule has 232 valence electrons. The Bertz CT molecular complexity index is 1710. The normalized spacial score (nSPS) is 13.4. The third-order valence-electron chi connectivity index (χ3n) is 8.15. The predicted molar refractivity (Wildman–Crippen MR) is 171 cm³/mol. The molecule has 45 heavy (non-hydrogen) atoms. The predicted octanol–water partition coefficient (Wildman–Crippen LogP) is 4.78. The number of ether oxygens (including phenoxy) is 2. The summed E-state index contributed by atoms with van der Waals surface area (Å²) in [6, 6.07) is 22.2. The van der Waals surface area contributed by atoms with Gasteiger partial charge in [-0.25, -0.2) is 9.97 Å². The topological polar surface area (TPSA) is 106 Å². The molecule has 10 nitrogen and oxygen atoms in total. The summed E-state index contributed by atoms with van der Waals surface area (Å²) in [5.41, 5.74) is 5.32. The van der Waals surface area contributed by atoms with E-state index in [9.17, 15) is 9.59 Å². The maximum atomic E-state index is 12.8. The van der Waals surface area contributed by atoms with Gasteiger partial charge in [0.1, 0.15) is 23.9 Å². The van der Waals surface area contributed by atoms with Gasteiger partial charge in [-0.1, -0.05) is 30.3 Å². The molecule has 1 aliphatic rings. The number of nitrogens with one attached hydrogen (secondary N) is 1. The Kier molecular flexibility index (Phi) is 9.38. The molecule has 5 aromatic rings. The number of methoxy groups -OCH3 is 1. The van der Waals surface area contributed by atoms with Crippen LogP contribution in [0.15, 0.2) is 85.5 Å². The molecule has 0 radical (unpaired) electrons. The lowest BCUT2D eigenvalue weighted by molar-refractivity contribution is -0.145. The lowest BCUT2D eigenvalue weighted by Gasteiger charge is -2.34. The van der Waals surface area contributed by atoms with Crippen molar-refractivity contribution in [1.82, 2.24) is 29.3 Å². The Morgan fingerprint density at radius 1 is 0.933 bits per heavy atom. The number of benzene rings is 3. The number of carbonyl (C=O) groups is 2. The molecule has 6 rings (SSSR count). The molecule has 10 heteroatoms. The zero-order valence-corrected chi connectivity index (χ0v) is 25.5. The van der Waals surface area contributed by atoms with Crippen LogP contribution >= 0.6 is 0 Å². The van der Waals surface area contributed by atoms with Crippen molar-refractivity contribution in [3.05, 3.63) is 108 Å². The van der Waals surface area contributed by atoms with Crippen LogP contribution in [0.25, 0.3) is 11.0 Å². The van der Waals surface area contributed by atoms with Gasteiger partial charge in [0.05, 0.1) is 31.0 Å². The fourth-order valence-corrected chi connectivity index (χ4v) is 5.53. The number of aromatic nitrogens is 4. The molecule has 0 unspecified atom stereocenters. The minimum absolute atomic E-state index is 0.00848. The van der Waals surface area contributed by atoms with E-state index in [1.54, 1.807) is 24.5 Å². The molecule has 0 atom stereocenters. The number of amides is 2. The Morgan fingerprint density at radius 2 is 1.71 bits per heavy atom. The van der Waals surface area contributed by atoms with E-state index < -0.39 is 0 Å². The van der Waals surface area contributed by atoms with Gasteiger partial charge in [0.25, 0.3) is 0 Å². The molecule has 1 saturated heterocycles. The van der Waals surface area contributed by atoms with Crippen LogP contribution in [-0.4, -0.2) is 67.9 Å². The van der Waals surface area contributed by atoms with Gasteiger partial charge in [-0.3, -0.25) is 9.59 Å². The highest BCUT2D eigenvalue weighted by Gasteiger charge is 2.26. The van der Waals surface area contributed by atoms with Gasteiger partial charge in [-0.15, -0.1) is 0 Å². The first kappa shape index (κ1) is 29.9. The van der Waals surface area contributed by atoms with E-state index in [0.29, 0.717) is 39.2 Å². The second-order valence-corrected chi connectivity index (χ2v) is 11.4. The number of nitrogens with zero attached hydrogens (tertiary/aromatic N) is 5. The zero-order valence-electron chi connectivity index (χ0n) is 25.5. The lowest BCUT2D eigenvalue weighted by atomic mass is 10.1. The Morgan fingerprint density at radius 3 is 2.47 bits per heavy atom. The van der Waals surface area contributed by atoms with Gasteiger partial charge in [-0.2, -0.15) is 0 Å². The van der Waals surface area contributed by atoms with Crippen LogP contribution in [-0.2, 0) is 42.1 Å². The smallest absolute Gasteiger partial charge is 0.242 e. The summed E-state index contributed by atoms with van der Waals surface area (Å²) < 4.78 is 13.2. The molecular formula is C35H38N6O4. The number of rotatable bonds is 13. The molecular weight excluding hydrogens is 568 g/mol. The summed E-state index contributed by atoms with van der Waals surface area (Å²) in [4.78, 5) is 41.0. The van der Waals surface area contributed by atoms with Crippen molar-refractivity contribution in [2.45, 2.75) is 45.4 Å². The zero-order chi connectivity index (χ0) is 31.0. The van der Waals surface area contributed by atoms with Crippen LogP contribution < -0.4 is 9.47 Å². The van der Waals surface area contributed by atoms with Gasteiger partial charge in [0, 0.05) is 51.4 Å². The van der Waals surface area contributed by atoms with Gasteiger partial charge in [0.2, 0.25) is 11.8 Å². The molecule has 1 aliphatic heterocycles. The van der Waals surface area contributed by atoms with Crippen molar-refractivity contribution in [2.75, 3.05) is 26.7 Å². The Labute approximate surface area is 262 Å². The van der Waals surface area contributed by atoms with E-state index in [-0.39, 0.29) is 18.4 Å². The second kappa shape index (κ2) is 14.1. The standard InChI is InChI=1S/C35H38N6O4/c1-44-29-10-5-26(6-11-29)3-2-4-33-37-31-14-9-28(21-32(31)38-33)24-45-30-12-7-27(8-13-30)22-40-19-20-41(23-35(40)43)34(42)15-17-39-18-16-36-25-39/h5-14,16,18,21,25H,2-4,15,17,19-20,22-24H2,1H3,(H,37,38). The van der Waals surface area contributed by atoms with Crippen LogP contribution in [0.5, 0.6) is 11.5 Å². The summed E-state index contributed by atoms with van der Waals surface area (Å²) >= 11 is 0. The summed E-state index contributed by atoms with van der Waals surface area (Å²) in [7, 11) is 1.68. The maximum Gasteiger partial charge on any atom is 0.242 e. The highest BCUT2D eigenvalue weighted by atomic mass is 16.5. The monoisotopic (exact) mass is 606 g/mol. The molecule has 0 bridgehead atoms. The van der Waals surface area contributed by atoms with Gasteiger partial charge in [0.15, 0.2) is 0 Å². The van der Waals surface area contributed by atoms with Crippen molar-refractivity contribution < 1.29 is 19.1 Å². The largest absolute Gasteiger partial charge is 0.497 e. The fraction of sp³-hybridized carbons (Fsp3) is 0.314. The van der Waals surface area contributed by atoms with Crippen molar-refractivity contribution in [3.63, 3.8) is 0 Å². The number of fused-ring (bicyclic) bond motifs is 1. The minimum Gasteiger partial charge on any atom is -0.497 e. The average molecular weight is 607 g/mol. The molecule has 1 N–H and O–H groups in total. The first-order chi connectivity index (χ1) is 22.0. The van der Waals surface area contributed by atoms with Crippen LogP contribution in [0.4, 0.5) is 0 Å². The average Bonchev–Trinajstić information content (AvgIpc) is 3.74. The number of hydrogen-bond donors (Lipinski definition) is 1. The summed E-state index contributed by atoms with van der Waals surface area (Å²) in [5, 5.41) is 0. The molecule has 2 aromatic heterocycles. The fourth-order valence-electron chi connectivity index (χ4n) is 5.53. The van der Waals surface area contributed by atoms with Crippen molar-refractivity contribution in [2.24, 2.45) is 0 Å². The van der Waals surface area contributed by atoms with E-state index in [1.165, 1.54) is 5.56 Å². The van der Waals surface area contributed by atoms with Crippen molar-refractivity contribution >= 4 is 22.8 Å². The molecule has 2 amide bonds. The van der Waals surface area contributed by atoms with Crippen LogP contribution in [0.3, 0.4) is 0 Å². The number of aryl methyl sites for hydroxylation is 3. The number of H-pyrrole nitrogens is 1. The van der Waals surface area contributed by atoms with E-state index in [4.69, 9.17) is 14.5 Å². The molecule has 0 saturated carbocycles. The van der Waals surface area contributed by atoms with Crippen LogP contribution in [0.1, 0.15) is 35.4 Å². The highest BCUT2D eigenvalue weighted by molar-refractivity contribution is 5.86. The van der Waals surface area contributed by atoms with Gasteiger partial charge >= 0.3 is 0 Å². The minimum atomic E-state index is -0.0355. The molecule has 3 heterocycles. The van der Waals surface area contributed by atoms with Crippen molar-refractivity contribution in [1.29, 1.82) is 0 Å². The van der Waals surface area contributed by atoms with Crippen LogP contribution in [0.2, 0.25) is 0 Å². The number of hydrogen-bond acceptors (Lipinski definition) is 6.